The fourth-order valence-electron chi connectivity index (χ4n) is 7.49. The zero-order valence-corrected chi connectivity index (χ0v) is 30.9. The van der Waals surface area contributed by atoms with Crippen molar-refractivity contribution in [3.8, 4) is 0 Å². The normalized spacial score (nSPS) is 24.5. The summed E-state index contributed by atoms with van der Waals surface area (Å²) in [4.78, 5) is 82.9. The third-order valence-electron chi connectivity index (χ3n) is 10.5. The first-order valence-electron chi connectivity index (χ1n) is 18.8. The van der Waals surface area contributed by atoms with Crippen LogP contribution in [-0.2, 0) is 28.8 Å². The van der Waals surface area contributed by atoms with Crippen LogP contribution in [0.1, 0.15) is 112 Å². The van der Waals surface area contributed by atoms with Gasteiger partial charge in [0.1, 0.15) is 30.2 Å². The largest absolute Gasteiger partial charge is 0.391 e. The minimum atomic E-state index is -1.25. The van der Waals surface area contributed by atoms with E-state index in [4.69, 9.17) is 0 Å². The van der Waals surface area contributed by atoms with Crippen LogP contribution in [0.3, 0.4) is 0 Å². The topological polar surface area (TPSA) is 197 Å². The van der Waals surface area contributed by atoms with Gasteiger partial charge >= 0.3 is 0 Å². The van der Waals surface area contributed by atoms with Gasteiger partial charge in [-0.3, -0.25) is 28.8 Å². The smallest absolute Gasteiger partial charge is 0.246 e. The van der Waals surface area contributed by atoms with Gasteiger partial charge in [-0.15, -0.1) is 0 Å². The minimum Gasteiger partial charge on any atom is -0.391 e. The molecule has 6 N–H and O–H groups in total. The van der Waals surface area contributed by atoms with E-state index in [0.29, 0.717) is 51.1 Å². The summed E-state index contributed by atoms with van der Waals surface area (Å²) in [5.74, 6) is -2.36. The summed E-state index contributed by atoms with van der Waals surface area (Å²) < 4.78 is 0. The molecule has 2 heterocycles. The number of hydrogen-bond acceptors (Lipinski definition) is 8. The number of aliphatic hydroxyl groups is 2. The molecule has 8 atom stereocenters. The monoisotopic (exact) mass is 706 g/mol. The Labute approximate surface area is 297 Å². The SMILES string of the molecule is CCCNC(=O)[C@@H](NC(=O)[C@@H]1C[C@@H](O)CN1C(=O)[C@H](C)NC(=O)[C@@H]1CCCCN1C(=O)[C@@H](NC(=O)C[C@H](C)C1CCCCC1)C(C)C)[C@@H](C)O. The van der Waals surface area contributed by atoms with Gasteiger partial charge in [-0.1, -0.05) is 59.8 Å². The Morgan fingerprint density at radius 2 is 1.40 bits per heavy atom. The Balaban J connectivity index is 1.65. The fraction of sp³-hybridized carbons (Fsp3) is 0.833. The van der Waals surface area contributed by atoms with Crippen LogP contribution in [0.15, 0.2) is 0 Å². The lowest BCUT2D eigenvalue weighted by atomic mass is 9.79. The van der Waals surface area contributed by atoms with Gasteiger partial charge in [0, 0.05) is 32.5 Å². The first-order valence-corrected chi connectivity index (χ1v) is 18.8. The van der Waals surface area contributed by atoms with E-state index in [1.54, 1.807) is 0 Å². The van der Waals surface area contributed by atoms with E-state index in [9.17, 15) is 39.0 Å². The van der Waals surface area contributed by atoms with Crippen LogP contribution in [0.5, 0.6) is 0 Å². The number of carbonyl (C=O) groups is 6. The van der Waals surface area contributed by atoms with Crippen molar-refractivity contribution in [1.82, 2.24) is 31.1 Å². The van der Waals surface area contributed by atoms with Crippen LogP contribution in [-0.4, -0.2) is 118 Å². The Kier molecular flexibility index (Phi) is 16.0. The summed E-state index contributed by atoms with van der Waals surface area (Å²) in [7, 11) is 0. The van der Waals surface area contributed by atoms with Crippen LogP contribution in [0.2, 0.25) is 0 Å². The highest BCUT2D eigenvalue weighted by molar-refractivity contribution is 5.96. The molecule has 0 bridgehead atoms. The van der Waals surface area contributed by atoms with E-state index < -0.39 is 66.0 Å². The first kappa shape index (κ1) is 41.2. The van der Waals surface area contributed by atoms with Crippen LogP contribution >= 0.6 is 0 Å². The van der Waals surface area contributed by atoms with Crippen LogP contribution in [0.25, 0.3) is 0 Å². The Hall–Kier alpha value is -3.26. The van der Waals surface area contributed by atoms with E-state index in [-0.39, 0.29) is 36.6 Å². The number of nitrogens with one attached hydrogen (secondary N) is 4. The minimum absolute atomic E-state index is 0.0754. The lowest BCUT2D eigenvalue weighted by Crippen LogP contribution is -2.61. The number of β-amino-alcohol motifs (C(OH)–C–C–N with tert-alkyl or cyclic N) is 1. The van der Waals surface area contributed by atoms with Gasteiger partial charge in [-0.05, 0) is 57.3 Å². The molecule has 1 aliphatic carbocycles. The maximum atomic E-state index is 13.9. The molecule has 3 rings (SSSR count). The fourth-order valence-corrected chi connectivity index (χ4v) is 7.49. The Morgan fingerprint density at radius 1 is 0.760 bits per heavy atom. The van der Waals surface area contributed by atoms with E-state index >= 15 is 0 Å². The molecule has 2 aliphatic heterocycles. The number of carbonyl (C=O) groups excluding carboxylic acids is 6. The third kappa shape index (κ3) is 11.1. The van der Waals surface area contributed by atoms with Crippen molar-refractivity contribution < 1.29 is 39.0 Å². The molecule has 0 aromatic carbocycles. The molecule has 1 saturated carbocycles. The highest BCUT2D eigenvalue weighted by Gasteiger charge is 2.43. The molecule has 0 unspecified atom stereocenters. The highest BCUT2D eigenvalue weighted by Crippen LogP contribution is 2.31. The van der Waals surface area contributed by atoms with Gasteiger partial charge in [-0.2, -0.15) is 0 Å². The van der Waals surface area contributed by atoms with E-state index in [2.05, 4.69) is 28.2 Å². The van der Waals surface area contributed by atoms with Crippen molar-refractivity contribution in [1.29, 1.82) is 0 Å². The van der Waals surface area contributed by atoms with Gasteiger partial charge in [0.15, 0.2) is 0 Å². The molecule has 14 heteroatoms. The Bertz CT molecular complexity index is 1190. The second kappa shape index (κ2) is 19.4. The summed E-state index contributed by atoms with van der Waals surface area (Å²) >= 11 is 0. The molecular weight excluding hydrogens is 644 g/mol. The summed E-state index contributed by atoms with van der Waals surface area (Å²) in [6.45, 7) is 11.1. The van der Waals surface area contributed by atoms with E-state index in [1.165, 1.54) is 42.9 Å². The van der Waals surface area contributed by atoms with Crippen molar-refractivity contribution in [3.63, 3.8) is 0 Å². The number of amides is 6. The van der Waals surface area contributed by atoms with Crippen molar-refractivity contribution in [2.45, 2.75) is 155 Å². The lowest BCUT2D eigenvalue weighted by molar-refractivity contribution is -0.147. The molecule has 0 aromatic rings. The average Bonchev–Trinajstić information content (AvgIpc) is 3.49. The van der Waals surface area contributed by atoms with Crippen molar-refractivity contribution in [3.05, 3.63) is 0 Å². The van der Waals surface area contributed by atoms with Crippen LogP contribution in [0.4, 0.5) is 0 Å². The zero-order chi connectivity index (χ0) is 37.1. The lowest BCUT2D eigenvalue weighted by Gasteiger charge is -2.38. The van der Waals surface area contributed by atoms with Gasteiger partial charge in [-0.25, -0.2) is 0 Å². The predicted molar refractivity (Wildman–Crippen MR) is 187 cm³/mol. The summed E-state index contributed by atoms with van der Waals surface area (Å²) in [6.07, 6.45) is 6.38. The van der Waals surface area contributed by atoms with Crippen molar-refractivity contribution in [2.24, 2.45) is 17.8 Å². The predicted octanol–water partition coefficient (Wildman–Crippen LogP) is 0.973. The second-order valence-corrected chi connectivity index (χ2v) is 15.1. The molecule has 0 radical (unpaired) electrons. The molecule has 284 valence electrons. The Morgan fingerprint density at radius 3 is 2.02 bits per heavy atom. The highest BCUT2D eigenvalue weighted by atomic mass is 16.3. The van der Waals surface area contributed by atoms with Crippen molar-refractivity contribution >= 4 is 35.4 Å². The molecule has 6 amide bonds. The molecule has 2 saturated heterocycles. The van der Waals surface area contributed by atoms with Crippen LogP contribution < -0.4 is 21.3 Å². The van der Waals surface area contributed by atoms with Gasteiger partial charge in [0.05, 0.1) is 12.2 Å². The number of aliphatic hydroxyl groups excluding tert-OH is 2. The van der Waals surface area contributed by atoms with E-state index in [1.807, 2.05) is 20.8 Å². The number of hydrogen-bond donors (Lipinski definition) is 6. The third-order valence-corrected chi connectivity index (χ3v) is 10.5. The number of nitrogens with zero attached hydrogens (tertiary/aromatic N) is 2. The quantitative estimate of drug-likeness (QED) is 0.145. The summed E-state index contributed by atoms with van der Waals surface area (Å²) in [5, 5.41) is 31.4. The van der Waals surface area contributed by atoms with E-state index in [0.717, 1.165) is 12.8 Å². The zero-order valence-electron chi connectivity index (χ0n) is 30.9. The van der Waals surface area contributed by atoms with Gasteiger partial charge in [0.25, 0.3) is 0 Å². The summed E-state index contributed by atoms with van der Waals surface area (Å²) in [5.41, 5.74) is 0. The number of likely N-dealkylation sites (tertiary alicyclic amines) is 2. The average molecular weight is 707 g/mol. The molecule has 0 spiro atoms. The molecule has 0 aromatic heterocycles. The standard InChI is InChI=1S/C36H62N6O8/c1-7-16-37-34(48)31(24(6)43)40-33(47)28-19-26(44)20-42(28)35(49)23(5)38-32(46)27-15-11-12-17-41(27)36(50)30(21(2)3)39-29(45)18-22(4)25-13-9-8-10-14-25/h21-28,30-31,43-44H,7-20H2,1-6H3,(H,37,48)(H,38,46)(H,39,45)(H,40,47)/t22-,23-,24+,26+,27-,28-,30-,31-/m0/s1. The van der Waals surface area contributed by atoms with Gasteiger partial charge < -0.3 is 41.3 Å². The maximum absolute atomic E-state index is 13.9. The molecule has 50 heavy (non-hydrogen) atoms. The van der Waals surface area contributed by atoms with Gasteiger partial charge in [0.2, 0.25) is 35.4 Å². The van der Waals surface area contributed by atoms with Crippen LogP contribution in [0, 0.1) is 17.8 Å². The molecule has 14 nitrogen and oxygen atoms in total. The molecule has 3 fully saturated rings. The maximum Gasteiger partial charge on any atom is 0.246 e. The first-order chi connectivity index (χ1) is 23.7. The number of rotatable bonds is 15. The molecule has 3 aliphatic rings. The summed E-state index contributed by atoms with van der Waals surface area (Å²) in [6, 6.07) is -5.11. The second-order valence-electron chi connectivity index (χ2n) is 15.1. The number of piperidine rings is 1. The molecular formula is C36H62N6O8. The van der Waals surface area contributed by atoms with Crippen molar-refractivity contribution in [2.75, 3.05) is 19.6 Å².